The van der Waals surface area contributed by atoms with Crippen molar-refractivity contribution >= 4 is 12.4 Å². The molecule has 1 heterocycles. The van der Waals surface area contributed by atoms with Gasteiger partial charge in [-0.1, -0.05) is 97.1 Å². The summed E-state index contributed by atoms with van der Waals surface area (Å²) in [6.45, 7) is 0. The molecule has 0 aliphatic heterocycles. The molecule has 0 bridgehead atoms. The van der Waals surface area contributed by atoms with Crippen molar-refractivity contribution in [2.24, 2.45) is 10.7 Å². The van der Waals surface area contributed by atoms with E-state index in [2.05, 4.69) is 88.9 Å². The first kappa shape index (κ1) is 19.3. The number of aliphatic imine (C=N–C) groups is 1. The first-order chi connectivity index (χ1) is 14.8. The van der Waals surface area contributed by atoms with Crippen LogP contribution in [-0.2, 0) is 0 Å². The van der Waals surface area contributed by atoms with E-state index in [9.17, 15) is 0 Å². The van der Waals surface area contributed by atoms with Gasteiger partial charge in [0.25, 0.3) is 0 Å². The fourth-order valence-corrected chi connectivity index (χ4v) is 3.37. The molecule has 3 nitrogen and oxygen atoms in total. The minimum absolute atomic E-state index is 0.127. The van der Waals surface area contributed by atoms with E-state index < -0.39 is 0 Å². The Morgan fingerprint density at radius 1 is 0.700 bits per heavy atom. The van der Waals surface area contributed by atoms with Crippen molar-refractivity contribution in [1.29, 1.82) is 0 Å². The average molecular weight is 390 g/mol. The zero-order valence-electron chi connectivity index (χ0n) is 16.6. The van der Waals surface area contributed by atoms with Crippen LogP contribution < -0.4 is 5.73 Å². The lowest BCUT2D eigenvalue weighted by atomic mass is 10.00. The van der Waals surface area contributed by atoms with Crippen LogP contribution in [0, 0.1) is 0 Å². The predicted molar refractivity (Wildman–Crippen MR) is 126 cm³/mol. The highest BCUT2D eigenvalue weighted by Gasteiger charge is 2.06. The van der Waals surface area contributed by atoms with Crippen LogP contribution in [0.15, 0.2) is 114 Å². The molecule has 2 N–H and O–H groups in total. The summed E-state index contributed by atoms with van der Waals surface area (Å²) in [6, 6.07) is 31.1. The molecule has 1 unspecified atom stereocenters. The highest BCUT2D eigenvalue weighted by molar-refractivity contribution is 5.66. The molecular weight excluding hydrogens is 366 g/mol. The normalized spacial score (nSPS) is 12.4. The van der Waals surface area contributed by atoms with Gasteiger partial charge in [0.15, 0.2) is 0 Å². The zero-order valence-corrected chi connectivity index (χ0v) is 16.6. The predicted octanol–water partition coefficient (Wildman–Crippen LogP) is 6.16. The summed E-state index contributed by atoms with van der Waals surface area (Å²) in [7, 11) is 0. The first-order valence-corrected chi connectivity index (χ1v) is 9.91. The van der Waals surface area contributed by atoms with Gasteiger partial charge in [-0.3, -0.25) is 9.98 Å². The number of hydrogen-bond acceptors (Lipinski definition) is 2. The molecule has 3 heteroatoms. The number of benzene rings is 3. The largest absolute Gasteiger partial charge is 0.390 e. The van der Waals surface area contributed by atoms with Crippen molar-refractivity contribution in [3.63, 3.8) is 0 Å². The van der Waals surface area contributed by atoms with Crippen LogP contribution in [-0.4, -0.2) is 11.3 Å². The van der Waals surface area contributed by atoms with E-state index in [0.29, 0.717) is 0 Å². The zero-order chi connectivity index (χ0) is 20.6. The van der Waals surface area contributed by atoms with Gasteiger partial charge in [0.05, 0.1) is 12.4 Å². The number of hydrogen-bond donors (Lipinski definition) is 1. The smallest absolute Gasteiger partial charge is 0.0950 e. The Labute approximate surface area is 177 Å². The molecule has 30 heavy (non-hydrogen) atoms. The van der Waals surface area contributed by atoms with E-state index in [1.165, 1.54) is 17.5 Å². The van der Waals surface area contributed by atoms with E-state index in [0.717, 1.165) is 22.3 Å². The Morgan fingerprint density at radius 2 is 1.33 bits per heavy atom. The van der Waals surface area contributed by atoms with Crippen LogP contribution in [0.5, 0.6) is 0 Å². The van der Waals surface area contributed by atoms with Crippen molar-refractivity contribution in [1.82, 2.24) is 4.98 Å². The lowest BCUT2D eigenvalue weighted by Gasteiger charge is -2.10. The summed E-state index contributed by atoms with van der Waals surface area (Å²) < 4.78 is 0. The van der Waals surface area contributed by atoms with Crippen LogP contribution in [0.3, 0.4) is 0 Å². The molecule has 146 valence electrons. The van der Waals surface area contributed by atoms with Crippen molar-refractivity contribution < 1.29 is 0 Å². The van der Waals surface area contributed by atoms with Crippen LogP contribution in [0.2, 0.25) is 0 Å². The third kappa shape index (κ3) is 4.70. The fourth-order valence-electron chi connectivity index (χ4n) is 3.37. The van der Waals surface area contributed by atoms with E-state index in [-0.39, 0.29) is 6.04 Å². The molecule has 1 atom stereocenters. The van der Waals surface area contributed by atoms with E-state index in [1.54, 1.807) is 6.20 Å². The Morgan fingerprint density at radius 3 is 2.00 bits per heavy atom. The van der Waals surface area contributed by atoms with Gasteiger partial charge in [-0.15, -0.1) is 0 Å². The van der Waals surface area contributed by atoms with Gasteiger partial charge < -0.3 is 5.73 Å². The summed E-state index contributed by atoms with van der Waals surface area (Å²) in [6.07, 6.45) is 9.17. The number of nitrogens with zero attached hydrogens (tertiary/aromatic N) is 2. The van der Waals surface area contributed by atoms with Crippen LogP contribution in [0.4, 0.5) is 0 Å². The van der Waals surface area contributed by atoms with Crippen LogP contribution >= 0.6 is 0 Å². The van der Waals surface area contributed by atoms with Gasteiger partial charge >= 0.3 is 0 Å². The average Bonchev–Trinajstić information content (AvgIpc) is 2.83. The molecule has 0 aliphatic rings. The molecule has 0 fully saturated rings. The second-order valence-electron chi connectivity index (χ2n) is 6.95. The summed E-state index contributed by atoms with van der Waals surface area (Å²) in [5.41, 5.74) is 12.5. The molecule has 0 radical (unpaired) electrons. The molecule has 0 aliphatic carbocycles. The van der Waals surface area contributed by atoms with E-state index in [4.69, 9.17) is 5.73 Å². The lowest BCUT2D eigenvalue weighted by molar-refractivity contribution is 0.921. The Kier molecular flexibility index (Phi) is 6.11. The molecule has 0 amide bonds. The lowest BCUT2D eigenvalue weighted by Crippen LogP contribution is -1.97. The topological polar surface area (TPSA) is 51.3 Å². The highest BCUT2D eigenvalue weighted by Crippen LogP contribution is 2.25. The van der Waals surface area contributed by atoms with Crippen LogP contribution in [0.25, 0.3) is 28.3 Å². The highest BCUT2D eigenvalue weighted by atomic mass is 14.8. The number of aromatic nitrogens is 1. The number of rotatable bonds is 6. The first-order valence-electron chi connectivity index (χ1n) is 9.91. The Hall–Kier alpha value is -3.98. The summed E-state index contributed by atoms with van der Waals surface area (Å²) in [5, 5.41) is 0. The molecule has 0 saturated carbocycles. The van der Waals surface area contributed by atoms with Gasteiger partial charge in [0.2, 0.25) is 0 Å². The maximum Gasteiger partial charge on any atom is 0.0950 e. The van der Waals surface area contributed by atoms with Gasteiger partial charge in [0, 0.05) is 12.4 Å². The maximum absolute atomic E-state index is 5.61. The molecule has 0 saturated heterocycles. The molecule has 4 rings (SSSR count). The van der Waals surface area contributed by atoms with Gasteiger partial charge in [-0.05, 0) is 39.4 Å². The second kappa shape index (κ2) is 9.48. The van der Waals surface area contributed by atoms with Crippen molar-refractivity contribution in [3.8, 4) is 22.3 Å². The Balaban J connectivity index is 1.51. The van der Waals surface area contributed by atoms with Gasteiger partial charge in [-0.25, -0.2) is 0 Å². The third-order valence-electron chi connectivity index (χ3n) is 4.98. The number of pyridine rings is 1. The Bertz CT molecular complexity index is 1110. The van der Waals surface area contributed by atoms with E-state index in [1.807, 2.05) is 30.5 Å². The standard InChI is InChI=1S/C27H23N3/c28-20-30-27(25-15-13-23(14-16-25)22-5-2-1-3-6-22)17-10-21-8-11-24(12-9-21)26-7-4-18-29-19-26/h1-20,27H,(H2,28,30)/b17-10+. The fraction of sp³-hybridized carbons (Fsp3) is 0.0370. The minimum atomic E-state index is -0.127. The minimum Gasteiger partial charge on any atom is -0.390 e. The summed E-state index contributed by atoms with van der Waals surface area (Å²) in [4.78, 5) is 8.62. The summed E-state index contributed by atoms with van der Waals surface area (Å²) in [5.74, 6) is 0. The van der Waals surface area contributed by atoms with Crippen molar-refractivity contribution in [2.75, 3.05) is 0 Å². The quantitative estimate of drug-likeness (QED) is 0.317. The molecule has 1 aromatic heterocycles. The summed E-state index contributed by atoms with van der Waals surface area (Å²) >= 11 is 0. The molecular formula is C27H23N3. The van der Waals surface area contributed by atoms with Crippen molar-refractivity contribution in [2.45, 2.75) is 6.04 Å². The van der Waals surface area contributed by atoms with Crippen LogP contribution in [0.1, 0.15) is 17.2 Å². The number of nitrogens with two attached hydrogens (primary N) is 1. The second-order valence-corrected chi connectivity index (χ2v) is 6.95. The van der Waals surface area contributed by atoms with Gasteiger partial charge in [0.1, 0.15) is 0 Å². The SMILES string of the molecule is NC=NC(/C=C/c1ccc(-c2cccnc2)cc1)c1ccc(-c2ccccc2)cc1. The van der Waals surface area contributed by atoms with Gasteiger partial charge in [-0.2, -0.15) is 0 Å². The third-order valence-corrected chi connectivity index (χ3v) is 4.98. The van der Waals surface area contributed by atoms with E-state index >= 15 is 0 Å². The maximum atomic E-state index is 5.61. The molecule has 0 spiro atoms. The monoisotopic (exact) mass is 389 g/mol. The van der Waals surface area contributed by atoms with Crippen molar-refractivity contribution in [3.05, 3.63) is 121 Å². The molecule has 3 aromatic carbocycles. The molecule has 4 aromatic rings.